The van der Waals surface area contributed by atoms with Crippen molar-refractivity contribution in [3.05, 3.63) is 35.4 Å². The Labute approximate surface area is 101 Å². The maximum Gasteiger partial charge on any atom is 0.305 e. The second kappa shape index (κ2) is 5.13. The summed E-state index contributed by atoms with van der Waals surface area (Å²) >= 11 is 0. The van der Waals surface area contributed by atoms with Crippen molar-refractivity contribution >= 4 is 11.8 Å². The number of hydrogen-bond donors (Lipinski definition) is 0. The molecule has 0 aliphatic heterocycles. The Morgan fingerprint density at radius 3 is 2.88 bits per heavy atom. The van der Waals surface area contributed by atoms with Gasteiger partial charge in [0.15, 0.2) is 5.78 Å². The minimum atomic E-state index is -0.212. The number of ether oxygens (including phenoxy) is 1. The first-order valence-corrected chi connectivity index (χ1v) is 6.00. The minimum Gasteiger partial charge on any atom is -0.466 e. The van der Waals surface area contributed by atoms with E-state index >= 15 is 0 Å². The first kappa shape index (κ1) is 11.8. The van der Waals surface area contributed by atoms with Crippen LogP contribution < -0.4 is 0 Å². The van der Waals surface area contributed by atoms with E-state index in [2.05, 4.69) is 0 Å². The Morgan fingerprint density at radius 1 is 1.41 bits per heavy atom. The zero-order chi connectivity index (χ0) is 12.3. The van der Waals surface area contributed by atoms with Crippen molar-refractivity contribution in [1.29, 1.82) is 0 Å². The van der Waals surface area contributed by atoms with E-state index in [0.29, 0.717) is 19.4 Å². The molecule has 3 heteroatoms. The molecule has 0 saturated heterocycles. The Balaban J connectivity index is 1.94. The fourth-order valence-corrected chi connectivity index (χ4v) is 2.28. The van der Waals surface area contributed by atoms with Crippen LogP contribution in [0.15, 0.2) is 24.3 Å². The highest BCUT2D eigenvalue weighted by atomic mass is 16.5. The second-order valence-electron chi connectivity index (χ2n) is 4.27. The Hall–Kier alpha value is -1.64. The normalized spacial score (nSPS) is 17.9. The molecule has 0 amide bonds. The maximum atomic E-state index is 12.0. The molecule has 0 heterocycles. The fourth-order valence-electron chi connectivity index (χ4n) is 2.28. The first-order valence-electron chi connectivity index (χ1n) is 6.00. The molecular formula is C14H16O3. The van der Waals surface area contributed by atoms with E-state index in [4.69, 9.17) is 4.74 Å². The molecule has 0 spiro atoms. The Morgan fingerprint density at radius 2 is 2.18 bits per heavy atom. The molecule has 1 unspecified atom stereocenters. The van der Waals surface area contributed by atoms with Crippen molar-refractivity contribution in [3.63, 3.8) is 0 Å². The van der Waals surface area contributed by atoms with Crippen LogP contribution in [0, 0.1) is 5.92 Å². The highest BCUT2D eigenvalue weighted by Gasteiger charge is 2.30. The van der Waals surface area contributed by atoms with E-state index in [-0.39, 0.29) is 17.7 Å². The molecule has 1 aliphatic carbocycles. The number of Topliss-reactive ketones (excluding diaryl/α,β-unsaturated/α-hetero) is 1. The molecule has 1 aromatic rings. The average Bonchev–Trinajstić information content (AvgIpc) is 2.65. The van der Waals surface area contributed by atoms with E-state index in [0.717, 1.165) is 17.5 Å². The molecule has 1 aromatic carbocycles. The van der Waals surface area contributed by atoms with Crippen LogP contribution >= 0.6 is 0 Å². The van der Waals surface area contributed by atoms with Crippen molar-refractivity contribution in [3.8, 4) is 0 Å². The summed E-state index contributed by atoms with van der Waals surface area (Å²) in [6.07, 6.45) is 1.68. The SMILES string of the molecule is CCOC(=O)CCC1Cc2ccccc2C1=O. The van der Waals surface area contributed by atoms with Crippen LogP contribution in [0.2, 0.25) is 0 Å². The summed E-state index contributed by atoms with van der Waals surface area (Å²) in [5.41, 5.74) is 1.92. The molecule has 1 aliphatic rings. The molecule has 0 N–H and O–H groups in total. The van der Waals surface area contributed by atoms with Crippen LogP contribution in [-0.4, -0.2) is 18.4 Å². The van der Waals surface area contributed by atoms with Gasteiger partial charge in [-0.05, 0) is 25.3 Å². The van der Waals surface area contributed by atoms with Crippen LogP contribution in [0.1, 0.15) is 35.7 Å². The van der Waals surface area contributed by atoms with Gasteiger partial charge in [-0.1, -0.05) is 24.3 Å². The molecule has 0 aromatic heterocycles. The summed E-state index contributed by atoms with van der Waals surface area (Å²) in [6, 6.07) is 7.67. The lowest BCUT2D eigenvalue weighted by Gasteiger charge is -2.06. The second-order valence-corrected chi connectivity index (χ2v) is 4.27. The van der Waals surface area contributed by atoms with Gasteiger partial charge in [-0.25, -0.2) is 0 Å². The molecule has 3 nitrogen and oxygen atoms in total. The van der Waals surface area contributed by atoms with Crippen molar-refractivity contribution in [2.24, 2.45) is 5.92 Å². The van der Waals surface area contributed by atoms with E-state index in [9.17, 15) is 9.59 Å². The molecule has 17 heavy (non-hydrogen) atoms. The molecule has 1 atom stereocenters. The summed E-state index contributed by atoms with van der Waals surface area (Å²) in [7, 11) is 0. The van der Waals surface area contributed by atoms with Gasteiger partial charge in [0, 0.05) is 17.9 Å². The summed E-state index contributed by atoms with van der Waals surface area (Å²) in [5.74, 6) is -0.0852. The van der Waals surface area contributed by atoms with Gasteiger partial charge in [0.1, 0.15) is 0 Å². The largest absolute Gasteiger partial charge is 0.466 e. The lowest BCUT2D eigenvalue weighted by Crippen LogP contribution is -2.12. The minimum absolute atomic E-state index is 0.0446. The average molecular weight is 232 g/mol. The highest BCUT2D eigenvalue weighted by Crippen LogP contribution is 2.29. The lowest BCUT2D eigenvalue weighted by atomic mass is 9.99. The van der Waals surface area contributed by atoms with Gasteiger partial charge in [0.2, 0.25) is 0 Å². The number of carbonyl (C=O) groups excluding carboxylic acids is 2. The molecule has 90 valence electrons. The Bertz CT molecular complexity index is 437. The molecule has 0 bridgehead atoms. The van der Waals surface area contributed by atoms with Gasteiger partial charge < -0.3 is 4.74 Å². The third-order valence-corrected chi connectivity index (χ3v) is 3.12. The Kier molecular flexibility index (Phi) is 3.57. The van der Waals surface area contributed by atoms with Crippen LogP contribution in [0.4, 0.5) is 0 Å². The highest BCUT2D eigenvalue weighted by molar-refractivity contribution is 6.02. The van der Waals surface area contributed by atoms with Gasteiger partial charge in [-0.2, -0.15) is 0 Å². The van der Waals surface area contributed by atoms with E-state index < -0.39 is 0 Å². The summed E-state index contributed by atoms with van der Waals surface area (Å²) in [6.45, 7) is 2.19. The van der Waals surface area contributed by atoms with Gasteiger partial charge in [-0.3, -0.25) is 9.59 Å². The topological polar surface area (TPSA) is 43.4 Å². The predicted octanol–water partition coefficient (Wildman–Crippen LogP) is 2.38. The predicted molar refractivity (Wildman–Crippen MR) is 63.8 cm³/mol. The van der Waals surface area contributed by atoms with Crippen LogP contribution in [0.5, 0.6) is 0 Å². The quantitative estimate of drug-likeness (QED) is 0.748. The number of fused-ring (bicyclic) bond motifs is 1. The van der Waals surface area contributed by atoms with E-state index in [1.54, 1.807) is 6.92 Å². The molecule has 0 saturated carbocycles. The summed E-state index contributed by atoms with van der Waals surface area (Å²) < 4.78 is 4.86. The number of carbonyl (C=O) groups is 2. The molecule has 0 fully saturated rings. The van der Waals surface area contributed by atoms with Gasteiger partial charge >= 0.3 is 5.97 Å². The number of benzene rings is 1. The monoisotopic (exact) mass is 232 g/mol. The van der Waals surface area contributed by atoms with Gasteiger partial charge in [0.25, 0.3) is 0 Å². The van der Waals surface area contributed by atoms with Crippen LogP contribution in [-0.2, 0) is 16.0 Å². The van der Waals surface area contributed by atoms with Gasteiger partial charge in [-0.15, -0.1) is 0 Å². The zero-order valence-electron chi connectivity index (χ0n) is 9.94. The zero-order valence-corrected chi connectivity index (χ0v) is 9.94. The number of rotatable bonds is 4. The van der Waals surface area contributed by atoms with Crippen molar-refractivity contribution in [1.82, 2.24) is 0 Å². The van der Waals surface area contributed by atoms with E-state index in [1.165, 1.54) is 0 Å². The van der Waals surface area contributed by atoms with Gasteiger partial charge in [0.05, 0.1) is 6.61 Å². The number of esters is 1. The van der Waals surface area contributed by atoms with Crippen molar-refractivity contribution < 1.29 is 14.3 Å². The maximum absolute atomic E-state index is 12.0. The number of hydrogen-bond acceptors (Lipinski definition) is 3. The third kappa shape index (κ3) is 2.54. The summed E-state index contributed by atoms with van der Waals surface area (Å²) in [4.78, 5) is 23.3. The first-order chi connectivity index (χ1) is 8.22. The molecule has 2 rings (SSSR count). The fraction of sp³-hybridized carbons (Fsp3) is 0.429. The van der Waals surface area contributed by atoms with Crippen LogP contribution in [0.25, 0.3) is 0 Å². The smallest absolute Gasteiger partial charge is 0.305 e. The standard InChI is InChI=1S/C14H16O3/c1-2-17-13(15)8-7-11-9-10-5-3-4-6-12(10)14(11)16/h3-6,11H,2,7-9H2,1H3. The van der Waals surface area contributed by atoms with Crippen molar-refractivity contribution in [2.45, 2.75) is 26.2 Å². The van der Waals surface area contributed by atoms with E-state index in [1.807, 2.05) is 24.3 Å². The molecular weight excluding hydrogens is 216 g/mol. The summed E-state index contributed by atoms with van der Waals surface area (Å²) in [5, 5.41) is 0. The van der Waals surface area contributed by atoms with Crippen LogP contribution in [0.3, 0.4) is 0 Å². The molecule has 0 radical (unpaired) electrons. The lowest BCUT2D eigenvalue weighted by molar-refractivity contribution is -0.143. The number of ketones is 1. The third-order valence-electron chi connectivity index (χ3n) is 3.12. The van der Waals surface area contributed by atoms with Crippen molar-refractivity contribution in [2.75, 3.05) is 6.61 Å².